The van der Waals surface area contributed by atoms with Crippen LogP contribution < -0.4 is 0 Å². The van der Waals surface area contributed by atoms with Gasteiger partial charge in [0.1, 0.15) is 0 Å². The molecule has 0 saturated heterocycles. The number of hydrogen-bond acceptors (Lipinski definition) is 1. The van der Waals surface area contributed by atoms with Gasteiger partial charge in [0, 0.05) is 27.4 Å². The van der Waals surface area contributed by atoms with Gasteiger partial charge in [-0.25, -0.2) is 4.85 Å². The fraction of sp³-hybridized carbons (Fsp3) is 0. The van der Waals surface area contributed by atoms with E-state index in [2.05, 4.69) is 141 Å². The van der Waals surface area contributed by atoms with Crippen LogP contribution in [0.4, 0.5) is 5.69 Å². The van der Waals surface area contributed by atoms with Crippen LogP contribution >= 0.6 is 0 Å². The van der Waals surface area contributed by atoms with Crippen LogP contribution in [0.5, 0.6) is 0 Å². The van der Waals surface area contributed by atoms with Crippen molar-refractivity contribution in [3.8, 4) is 39.7 Å². The highest BCUT2D eigenvalue weighted by atomic mass is 15.0. The summed E-state index contributed by atoms with van der Waals surface area (Å²) in [6.07, 6.45) is 0. The van der Waals surface area contributed by atoms with Gasteiger partial charge in [0.2, 0.25) is 0 Å². The molecule has 0 fully saturated rings. The minimum absolute atomic E-state index is 0.616. The van der Waals surface area contributed by atoms with Crippen molar-refractivity contribution in [2.75, 3.05) is 0 Å². The zero-order valence-corrected chi connectivity index (χ0v) is 25.8. The molecule has 4 heteroatoms. The summed E-state index contributed by atoms with van der Waals surface area (Å²) in [5.74, 6) is 0. The Hall–Kier alpha value is -6.88. The summed E-state index contributed by atoms with van der Waals surface area (Å²) in [5.41, 5.74) is 12.0. The lowest BCUT2D eigenvalue weighted by Crippen LogP contribution is -1.98. The van der Waals surface area contributed by atoms with E-state index in [4.69, 9.17) is 6.57 Å². The fourth-order valence-corrected chi connectivity index (χ4v) is 7.26. The Labute approximate surface area is 277 Å². The van der Waals surface area contributed by atoms with Gasteiger partial charge in [-0.1, -0.05) is 97.1 Å². The Morgan fingerprint density at radius 1 is 0.479 bits per heavy atom. The van der Waals surface area contributed by atoms with Gasteiger partial charge in [0.15, 0.2) is 5.69 Å². The van der Waals surface area contributed by atoms with E-state index in [-0.39, 0.29) is 0 Å². The standard InChI is InChI=1S/C44H26N4/c1-46-31-21-25-44-39(27-31)37-13-5-6-14-40(37)47(44)32-22-19-30(20-23-32)38-26-29(28-45)18-24-33(38)34-10-2-7-15-41(34)48-42-16-8-3-11-35(42)36-12-4-9-17-43(36)48/h2-27H. The molecule has 9 rings (SSSR count). The van der Waals surface area contributed by atoms with Crippen LogP contribution in [0.1, 0.15) is 5.56 Å². The Bertz CT molecular complexity index is 2750. The lowest BCUT2D eigenvalue weighted by molar-refractivity contribution is 1.18. The molecular formula is C44H26N4. The molecule has 0 aliphatic rings. The van der Waals surface area contributed by atoms with E-state index < -0.39 is 0 Å². The highest BCUT2D eigenvalue weighted by Gasteiger charge is 2.18. The van der Waals surface area contributed by atoms with Crippen molar-refractivity contribution in [3.05, 3.63) is 175 Å². The number of fused-ring (bicyclic) bond motifs is 6. The molecular weight excluding hydrogens is 585 g/mol. The molecule has 9 aromatic rings. The molecule has 0 bridgehead atoms. The summed E-state index contributed by atoms with van der Waals surface area (Å²) >= 11 is 0. The number of nitriles is 1. The van der Waals surface area contributed by atoms with Crippen molar-refractivity contribution in [3.63, 3.8) is 0 Å². The smallest absolute Gasteiger partial charge is 0.188 e. The Balaban J connectivity index is 1.23. The number of rotatable bonds is 4. The third-order valence-corrected chi connectivity index (χ3v) is 9.39. The van der Waals surface area contributed by atoms with Crippen molar-refractivity contribution in [2.24, 2.45) is 0 Å². The quantitative estimate of drug-likeness (QED) is 0.183. The summed E-state index contributed by atoms with van der Waals surface area (Å²) in [7, 11) is 0. The predicted molar refractivity (Wildman–Crippen MR) is 197 cm³/mol. The molecule has 0 radical (unpaired) electrons. The zero-order valence-electron chi connectivity index (χ0n) is 25.8. The van der Waals surface area contributed by atoms with E-state index in [1.165, 1.54) is 10.8 Å². The van der Waals surface area contributed by atoms with E-state index in [9.17, 15) is 5.26 Å². The highest BCUT2D eigenvalue weighted by molar-refractivity contribution is 6.11. The summed E-state index contributed by atoms with van der Waals surface area (Å²) in [5, 5.41) is 14.6. The monoisotopic (exact) mass is 610 g/mol. The van der Waals surface area contributed by atoms with Crippen LogP contribution in [0, 0.1) is 17.9 Å². The number of aromatic nitrogens is 2. The van der Waals surface area contributed by atoms with Crippen molar-refractivity contribution in [1.82, 2.24) is 9.13 Å². The third kappa shape index (κ3) is 4.14. The normalized spacial score (nSPS) is 11.3. The fourth-order valence-electron chi connectivity index (χ4n) is 7.26. The molecule has 0 N–H and O–H groups in total. The number of para-hydroxylation sites is 4. The predicted octanol–water partition coefficient (Wildman–Crippen LogP) is 11.6. The SMILES string of the molecule is [C-]#[N+]c1ccc2c(c1)c1ccccc1n2-c1ccc(-c2cc(C#N)ccc2-c2ccccc2-n2c3ccccc3c3ccccc32)cc1. The summed E-state index contributed by atoms with van der Waals surface area (Å²) < 4.78 is 4.61. The van der Waals surface area contributed by atoms with Gasteiger partial charge in [-0.2, -0.15) is 5.26 Å². The molecule has 2 aromatic heterocycles. The van der Waals surface area contributed by atoms with E-state index in [1.807, 2.05) is 36.4 Å². The second kappa shape index (κ2) is 10.9. The summed E-state index contributed by atoms with van der Waals surface area (Å²) in [4.78, 5) is 3.67. The van der Waals surface area contributed by atoms with Crippen molar-refractivity contribution < 1.29 is 0 Å². The Morgan fingerprint density at radius 2 is 1.06 bits per heavy atom. The topological polar surface area (TPSA) is 38.0 Å². The summed E-state index contributed by atoms with van der Waals surface area (Å²) in [6, 6.07) is 56.8. The van der Waals surface area contributed by atoms with Gasteiger partial charge in [0.25, 0.3) is 0 Å². The maximum Gasteiger partial charge on any atom is 0.188 e. The van der Waals surface area contributed by atoms with Gasteiger partial charge < -0.3 is 9.13 Å². The molecule has 0 spiro atoms. The molecule has 222 valence electrons. The van der Waals surface area contributed by atoms with Crippen molar-refractivity contribution >= 4 is 49.3 Å². The average molecular weight is 611 g/mol. The first-order valence-electron chi connectivity index (χ1n) is 15.9. The lowest BCUT2D eigenvalue weighted by Gasteiger charge is -2.17. The molecule has 0 saturated carbocycles. The first-order valence-corrected chi connectivity index (χ1v) is 15.9. The minimum atomic E-state index is 0.616. The molecule has 0 atom stereocenters. The Kier molecular flexibility index (Phi) is 6.22. The van der Waals surface area contributed by atoms with Crippen LogP contribution in [-0.2, 0) is 0 Å². The number of nitrogens with zero attached hydrogens (tertiary/aromatic N) is 4. The Morgan fingerprint density at radius 3 is 1.73 bits per heavy atom. The van der Waals surface area contributed by atoms with Gasteiger partial charge >= 0.3 is 0 Å². The van der Waals surface area contributed by atoms with Crippen LogP contribution in [0.2, 0.25) is 0 Å². The average Bonchev–Trinajstić information content (AvgIpc) is 3.67. The maximum absolute atomic E-state index is 9.94. The third-order valence-electron chi connectivity index (χ3n) is 9.39. The van der Waals surface area contributed by atoms with Gasteiger partial charge in [-0.3, -0.25) is 0 Å². The lowest BCUT2D eigenvalue weighted by atomic mass is 9.92. The van der Waals surface area contributed by atoms with Gasteiger partial charge in [-0.05, 0) is 82.7 Å². The second-order valence-corrected chi connectivity index (χ2v) is 12.0. The van der Waals surface area contributed by atoms with Crippen LogP contribution in [0.25, 0.3) is 82.1 Å². The van der Waals surface area contributed by atoms with E-state index in [0.29, 0.717) is 11.3 Å². The van der Waals surface area contributed by atoms with Crippen LogP contribution in [-0.4, -0.2) is 9.13 Å². The van der Waals surface area contributed by atoms with Gasteiger partial charge in [-0.15, -0.1) is 0 Å². The molecule has 2 heterocycles. The molecule has 0 aliphatic carbocycles. The molecule has 0 aliphatic heterocycles. The first-order chi connectivity index (χ1) is 23.7. The molecule has 0 unspecified atom stereocenters. The van der Waals surface area contributed by atoms with Crippen molar-refractivity contribution in [1.29, 1.82) is 5.26 Å². The number of benzene rings is 7. The van der Waals surface area contributed by atoms with E-state index in [1.54, 1.807) is 0 Å². The van der Waals surface area contributed by atoms with Crippen LogP contribution in [0.3, 0.4) is 0 Å². The first kappa shape index (κ1) is 27.4. The molecule has 4 nitrogen and oxygen atoms in total. The highest BCUT2D eigenvalue weighted by Crippen LogP contribution is 2.41. The largest absolute Gasteiger partial charge is 0.309 e. The van der Waals surface area contributed by atoms with Gasteiger partial charge in [0.05, 0.1) is 46.0 Å². The maximum atomic E-state index is 9.94. The van der Waals surface area contributed by atoms with Crippen molar-refractivity contribution in [2.45, 2.75) is 0 Å². The zero-order chi connectivity index (χ0) is 32.2. The second-order valence-electron chi connectivity index (χ2n) is 12.0. The molecule has 7 aromatic carbocycles. The molecule has 48 heavy (non-hydrogen) atoms. The molecule has 0 amide bonds. The van der Waals surface area contributed by atoms with E-state index >= 15 is 0 Å². The number of hydrogen-bond donors (Lipinski definition) is 0. The minimum Gasteiger partial charge on any atom is -0.309 e. The van der Waals surface area contributed by atoms with E-state index in [0.717, 1.165) is 66.5 Å². The summed E-state index contributed by atoms with van der Waals surface area (Å²) in [6.45, 7) is 7.53. The van der Waals surface area contributed by atoms with Crippen LogP contribution in [0.15, 0.2) is 158 Å².